The fourth-order valence-electron chi connectivity index (χ4n) is 5.42. The lowest BCUT2D eigenvalue weighted by Crippen LogP contribution is -2.49. The zero-order valence-corrected chi connectivity index (χ0v) is 22.9. The summed E-state index contributed by atoms with van der Waals surface area (Å²) >= 11 is 0. The third-order valence-corrected chi connectivity index (χ3v) is 7.55. The topological polar surface area (TPSA) is 51.5 Å². The number of benzene rings is 3. The van der Waals surface area contributed by atoms with Gasteiger partial charge in [-0.1, -0.05) is 38.1 Å². The quantitative estimate of drug-likeness (QED) is 0.171. The lowest BCUT2D eigenvalue weighted by Gasteiger charge is -2.35. The number of Topliss-reactive ketones (excluding diaryl/α,β-unsaturated/α-hetero) is 1. The highest BCUT2D eigenvalue weighted by Gasteiger charge is 2.33. The van der Waals surface area contributed by atoms with Crippen LogP contribution in [0.25, 0.3) is 21.8 Å². The number of carbonyl (C=O) groups is 2. The summed E-state index contributed by atoms with van der Waals surface area (Å²) in [5.41, 5.74) is 4.44. The lowest BCUT2D eigenvalue weighted by molar-refractivity contribution is 0.0669. The molecule has 0 atom stereocenters. The highest BCUT2D eigenvalue weighted by atomic mass is 16.5. The molecule has 0 N–H and O–H groups in total. The number of fused-ring (bicyclic) bond motifs is 3. The van der Waals surface area contributed by atoms with E-state index in [2.05, 4.69) is 23.3 Å². The molecule has 1 heterocycles. The number of nitrogens with zero attached hydrogens (tertiary/aromatic N) is 2. The van der Waals surface area contributed by atoms with Gasteiger partial charge in [0.25, 0.3) is 0 Å². The minimum absolute atomic E-state index is 0.00474. The van der Waals surface area contributed by atoms with Gasteiger partial charge in [-0.25, -0.2) is 0 Å². The summed E-state index contributed by atoms with van der Waals surface area (Å²) in [7, 11) is 0. The highest BCUT2D eigenvalue weighted by Crippen LogP contribution is 2.33. The largest absolute Gasteiger partial charge is 0.380 e. The molecule has 0 aliphatic heterocycles. The fourth-order valence-corrected chi connectivity index (χ4v) is 5.42. The molecule has 3 aromatic carbocycles. The molecule has 5 nitrogen and oxygen atoms in total. The van der Waals surface area contributed by atoms with Crippen LogP contribution in [0.4, 0.5) is 0 Å². The molecule has 37 heavy (non-hydrogen) atoms. The molecule has 4 aromatic rings. The summed E-state index contributed by atoms with van der Waals surface area (Å²) < 4.78 is 7.89. The van der Waals surface area contributed by atoms with Crippen molar-refractivity contribution in [2.24, 2.45) is 0 Å². The van der Waals surface area contributed by atoms with Crippen molar-refractivity contribution in [1.82, 2.24) is 9.47 Å². The minimum atomic E-state index is -0.615. The van der Waals surface area contributed by atoms with E-state index in [1.165, 1.54) is 0 Å². The first-order valence-electron chi connectivity index (χ1n) is 13.3. The zero-order valence-electron chi connectivity index (χ0n) is 22.9. The number of rotatable bonds is 11. The van der Waals surface area contributed by atoms with Crippen LogP contribution in [-0.2, 0) is 11.3 Å². The van der Waals surface area contributed by atoms with Crippen LogP contribution >= 0.6 is 0 Å². The third kappa shape index (κ3) is 4.98. The molecule has 0 saturated heterocycles. The van der Waals surface area contributed by atoms with Gasteiger partial charge in [-0.15, -0.1) is 0 Å². The van der Waals surface area contributed by atoms with Crippen LogP contribution in [0.3, 0.4) is 0 Å². The average Bonchev–Trinajstić information content (AvgIpc) is 3.21. The third-order valence-electron chi connectivity index (χ3n) is 7.55. The Kier molecular flexibility index (Phi) is 7.96. The van der Waals surface area contributed by atoms with Crippen LogP contribution in [0.15, 0.2) is 60.7 Å². The number of hydrogen-bond donors (Lipinski definition) is 0. The van der Waals surface area contributed by atoms with E-state index in [9.17, 15) is 9.59 Å². The first-order valence-corrected chi connectivity index (χ1v) is 13.3. The second-order valence-corrected chi connectivity index (χ2v) is 10.0. The first-order chi connectivity index (χ1) is 17.7. The van der Waals surface area contributed by atoms with Crippen LogP contribution in [0.2, 0.25) is 0 Å². The zero-order chi connectivity index (χ0) is 26.7. The predicted octanol–water partition coefficient (Wildman–Crippen LogP) is 6.67. The summed E-state index contributed by atoms with van der Waals surface area (Å²) in [5.74, 6) is 0.102. The predicted molar refractivity (Wildman–Crippen MR) is 152 cm³/mol. The van der Waals surface area contributed by atoms with Crippen LogP contribution < -0.4 is 0 Å². The second-order valence-electron chi connectivity index (χ2n) is 10.0. The molecule has 0 spiro atoms. The van der Waals surface area contributed by atoms with Crippen molar-refractivity contribution in [2.45, 2.75) is 53.6 Å². The molecule has 4 rings (SSSR count). The number of carbonyl (C=O) groups excluding carboxylic acids is 2. The van der Waals surface area contributed by atoms with E-state index in [0.717, 1.165) is 40.5 Å². The van der Waals surface area contributed by atoms with Crippen molar-refractivity contribution in [3.63, 3.8) is 0 Å². The van der Waals surface area contributed by atoms with Crippen LogP contribution in [0, 0.1) is 6.92 Å². The molecule has 1 aromatic heterocycles. The van der Waals surface area contributed by atoms with Gasteiger partial charge in [0.2, 0.25) is 0 Å². The summed E-state index contributed by atoms with van der Waals surface area (Å²) in [6.45, 7) is 15.7. The van der Waals surface area contributed by atoms with E-state index < -0.39 is 5.54 Å². The Morgan fingerprint density at radius 1 is 0.865 bits per heavy atom. The Labute approximate surface area is 220 Å². The van der Waals surface area contributed by atoms with Crippen molar-refractivity contribution < 1.29 is 14.3 Å². The summed E-state index contributed by atoms with van der Waals surface area (Å²) in [5, 5.41) is 1.95. The molecule has 194 valence electrons. The van der Waals surface area contributed by atoms with Crippen LogP contribution in [-0.4, -0.2) is 52.9 Å². The monoisotopic (exact) mass is 498 g/mol. The van der Waals surface area contributed by atoms with E-state index in [1.807, 2.05) is 88.4 Å². The molecule has 0 aliphatic carbocycles. The van der Waals surface area contributed by atoms with Gasteiger partial charge in [-0.05, 0) is 82.7 Å². The van der Waals surface area contributed by atoms with Gasteiger partial charge >= 0.3 is 0 Å². The van der Waals surface area contributed by atoms with Gasteiger partial charge in [0.05, 0.1) is 12.1 Å². The highest BCUT2D eigenvalue weighted by molar-refractivity contribution is 6.16. The lowest BCUT2D eigenvalue weighted by atomic mass is 9.90. The number of aryl methyl sites for hydroxylation is 1. The van der Waals surface area contributed by atoms with E-state index in [4.69, 9.17) is 4.74 Å². The number of aromatic nitrogens is 1. The average molecular weight is 499 g/mol. The maximum absolute atomic E-state index is 13.7. The maximum atomic E-state index is 13.7. The van der Waals surface area contributed by atoms with Gasteiger partial charge in [0.1, 0.15) is 0 Å². The molecule has 0 unspecified atom stereocenters. The molecule has 0 amide bonds. The van der Waals surface area contributed by atoms with Crippen LogP contribution in [0.1, 0.15) is 66.5 Å². The Morgan fingerprint density at radius 2 is 1.46 bits per heavy atom. The Morgan fingerprint density at radius 3 is 2.05 bits per heavy atom. The molecule has 0 saturated carbocycles. The number of ketones is 2. The Bertz CT molecular complexity index is 1440. The number of likely N-dealkylation sites (N-methyl/N-ethyl adjacent to an activating group) is 1. The SMILES string of the molecule is CCOCCn1c2ccc(C(=O)c3ccccc3C)cc2c2cc(C(=O)C(C)(C)N(CC)CC)ccc21. The molecular weight excluding hydrogens is 460 g/mol. The summed E-state index contributed by atoms with van der Waals surface area (Å²) in [4.78, 5) is 29.3. The maximum Gasteiger partial charge on any atom is 0.193 e. The van der Waals surface area contributed by atoms with Gasteiger partial charge in [-0.2, -0.15) is 0 Å². The van der Waals surface area contributed by atoms with Crippen LogP contribution in [0.5, 0.6) is 0 Å². The molecule has 0 aliphatic rings. The van der Waals surface area contributed by atoms with Gasteiger partial charge in [-0.3, -0.25) is 14.5 Å². The van der Waals surface area contributed by atoms with E-state index in [0.29, 0.717) is 36.4 Å². The Hall–Kier alpha value is -3.28. The number of ether oxygens (including phenoxy) is 1. The van der Waals surface area contributed by atoms with Gasteiger partial charge in [0, 0.05) is 51.6 Å². The second kappa shape index (κ2) is 11.0. The molecule has 0 radical (unpaired) electrons. The summed E-state index contributed by atoms with van der Waals surface area (Å²) in [6, 6.07) is 19.6. The van der Waals surface area contributed by atoms with Gasteiger partial charge < -0.3 is 9.30 Å². The van der Waals surface area contributed by atoms with Crippen molar-refractivity contribution in [2.75, 3.05) is 26.3 Å². The standard InChI is InChI=1S/C32H38N2O3/c1-7-33(8-2)32(5,6)31(36)24-15-17-29-27(21-24)26-20-23(30(35)25-13-11-10-12-22(25)4)14-16-28(26)34(29)18-19-37-9-3/h10-17,20-21H,7-9,18-19H2,1-6H3. The summed E-state index contributed by atoms with van der Waals surface area (Å²) in [6.07, 6.45) is 0. The van der Waals surface area contributed by atoms with Crippen molar-refractivity contribution in [3.8, 4) is 0 Å². The molecular formula is C32H38N2O3. The Balaban J connectivity index is 1.88. The van der Waals surface area contributed by atoms with Crippen molar-refractivity contribution in [3.05, 3.63) is 82.9 Å². The van der Waals surface area contributed by atoms with Gasteiger partial charge in [0.15, 0.2) is 11.6 Å². The van der Waals surface area contributed by atoms with Crippen molar-refractivity contribution in [1.29, 1.82) is 0 Å². The number of hydrogen-bond acceptors (Lipinski definition) is 4. The first kappa shape index (κ1) is 26.8. The fraction of sp³-hybridized carbons (Fsp3) is 0.375. The molecule has 0 bridgehead atoms. The van der Waals surface area contributed by atoms with E-state index in [1.54, 1.807) is 0 Å². The van der Waals surface area contributed by atoms with Crippen molar-refractivity contribution >= 4 is 33.4 Å². The van der Waals surface area contributed by atoms with E-state index >= 15 is 0 Å². The smallest absolute Gasteiger partial charge is 0.193 e. The normalized spacial score (nSPS) is 12.1. The minimum Gasteiger partial charge on any atom is -0.380 e. The molecule has 0 fully saturated rings. The van der Waals surface area contributed by atoms with E-state index in [-0.39, 0.29) is 11.6 Å². The molecule has 5 heteroatoms.